The number of amides is 1. The van der Waals surface area contributed by atoms with E-state index in [2.05, 4.69) is 10.3 Å². The molecule has 0 radical (unpaired) electrons. The number of rotatable bonds is 4. The number of aromatic nitrogens is 1. The summed E-state index contributed by atoms with van der Waals surface area (Å²) in [5, 5.41) is 2.87. The summed E-state index contributed by atoms with van der Waals surface area (Å²) in [5.74, 6) is 0.0672. The maximum absolute atomic E-state index is 12.1. The monoisotopic (exact) mass is 296 g/mol. The van der Waals surface area contributed by atoms with Crippen molar-refractivity contribution in [3.05, 3.63) is 59.9 Å². The van der Waals surface area contributed by atoms with Gasteiger partial charge in [-0.3, -0.25) is 14.6 Å². The number of carbonyl (C=O) groups excluding carboxylic acids is 2. The molecular formula is C17H16N2O3. The van der Waals surface area contributed by atoms with E-state index in [0.29, 0.717) is 12.3 Å². The molecule has 1 aromatic carbocycles. The summed E-state index contributed by atoms with van der Waals surface area (Å²) in [6.45, 7) is 0.458. The van der Waals surface area contributed by atoms with Gasteiger partial charge in [-0.2, -0.15) is 0 Å². The molecule has 0 spiro atoms. The van der Waals surface area contributed by atoms with Gasteiger partial charge in [-0.1, -0.05) is 18.2 Å². The first kappa shape index (κ1) is 14.3. The molecule has 0 fully saturated rings. The minimum atomic E-state index is -0.286. The zero-order valence-corrected chi connectivity index (χ0v) is 12.0. The fraction of sp³-hybridized carbons (Fsp3) is 0.235. The van der Waals surface area contributed by atoms with Gasteiger partial charge in [0.1, 0.15) is 5.75 Å². The van der Waals surface area contributed by atoms with E-state index in [9.17, 15) is 9.59 Å². The number of ether oxygens (including phenoxy) is 1. The number of pyridine rings is 1. The van der Waals surface area contributed by atoms with Crippen LogP contribution in [0.4, 0.5) is 0 Å². The number of benzene rings is 1. The normalized spacial score (nSPS) is 16.5. The number of para-hydroxylation sites is 1. The SMILES string of the molecule is O=C(C[C@H]1CC(=O)Oc2ccccc21)NCc1ccncc1. The lowest BCUT2D eigenvalue weighted by Gasteiger charge is -2.23. The largest absolute Gasteiger partial charge is 0.426 e. The molecule has 1 atom stereocenters. The average Bonchev–Trinajstić information content (AvgIpc) is 2.54. The highest BCUT2D eigenvalue weighted by Crippen LogP contribution is 2.35. The molecule has 5 nitrogen and oxygen atoms in total. The van der Waals surface area contributed by atoms with Gasteiger partial charge in [0, 0.05) is 31.3 Å². The Morgan fingerprint density at radius 1 is 1.23 bits per heavy atom. The fourth-order valence-electron chi connectivity index (χ4n) is 2.57. The Hall–Kier alpha value is -2.69. The van der Waals surface area contributed by atoms with Gasteiger partial charge < -0.3 is 10.1 Å². The molecule has 1 aliphatic heterocycles. The van der Waals surface area contributed by atoms with E-state index in [4.69, 9.17) is 4.74 Å². The topological polar surface area (TPSA) is 68.3 Å². The Morgan fingerprint density at radius 2 is 2.00 bits per heavy atom. The Balaban J connectivity index is 1.63. The summed E-state index contributed by atoms with van der Waals surface area (Å²) < 4.78 is 5.20. The lowest BCUT2D eigenvalue weighted by molar-refractivity contribution is -0.136. The van der Waals surface area contributed by atoms with Gasteiger partial charge in [-0.15, -0.1) is 0 Å². The van der Waals surface area contributed by atoms with Crippen LogP contribution in [0.3, 0.4) is 0 Å². The quantitative estimate of drug-likeness (QED) is 0.693. The maximum atomic E-state index is 12.1. The molecule has 112 valence electrons. The third-order valence-corrected chi connectivity index (χ3v) is 3.67. The molecule has 3 rings (SSSR count). The van der Waals surface area contributed by atoms with Crippen LogP contribution in [0.15, 0.2) is 48.8 Å². The average molecular weight is 296 g/mol. The van der Waals surface area contributed by atoms with E-state index in [-0.39, 0.29) is 30.6 Å². The number of nitrogens with one attached hydrogen (secondary N) is 1. The molecule has 1 N–H and O–H groups in total. The van der Waals surface area contributed by atoms with Crippen LogP contribution in [-0.4, -0.2) is 16.9 Å². The number of carbonyl (C=O) groups is 2. The zero-order valence-electron chi connectivity index (χ0n) is 12.0. The number of hydrogen-bond acceptors (Lipinski definition) is 4. The summed E-state index contributed by atoms with van der Waals surface area (Å²) in [6.07, 6.45) is 3.89. The second-order valence-corrected chi connectivity index (χ2v) is 5.25. The van der Waals surface area contributed by atoms with E-state index in [1.807, 2.05) is 30.3 Å². The van der Waals surface area contributed by atoms with Crippen molar-refractivity contribution in [1.82, 2.24) is 10.3 Å². The van der Waals surface area contributed by atoms with E-state index in [1.165, 1.54) is 0 Å². The molecule has 0 unspecified atom stereocenters. The highest BCUT2D eigenvalue weighted by atomic mass is 16.5. The van der Waals surface area contributed by atoms with Crippen LogP contribution >= 0.6 is 0 Å². The predicted molar refractivity (Wildman–Crippen MR) is 80.1 cm³/mol. The van der Waals surface area contributed by atoms with Crippen molar-refractivity contribution in [2.75, 3.05) is 0 Å². The summed E-state index contributed by atoms with van der Waals surface area (Å²) in [5.41, 5.74) is 1.91. The van der Waals surface area contributed by atoms with Crippen LogP contribution in [0.25, 0.3) is 0 Å². The van der Waals surface area contributed by atoms with E-state index in [0.717, 1.165) is 11.1 Å². The van der Waals surface area contributed by atoms with E-state index < -0.39 is 0 Å². The highest BCUT2D eigenvalue weighted by molar-refractivity contribution is 5.81. The predicted octanol–water partition coefficient (Wildman–Crippen LogP) is 2.18. The molecule has 2 aromatic rings. The molecule has 0 aliphatic carbocycles. The van der Waals surface area contributed by atoms with Crippen molar-refractivity contribution < 1.29 is 14.3 Å². The highest BCUT2D eigenvalue weighted by Gasteiger charge is 2.28. The minimum Gasteiger partial charge on any atom is -0.426 e. The first-order chi connectivity index (χ1) is 10.7. The number of esters is 1. The van der Waals surface area contributed by atoms with Crippen LogP contribution in [0.5, 0.6) is 5.75 Å². The number of fused-ring (bicyclic) bond motifs is 1. The Bertz CT molecular complexity index is 685. The Morgan fingerprint density at radius 3 is 2.82 bits per heavy atom. The van der Waals surface area contributed by atoms with Gasteiger partial charge in [0.2, 0.25) is 5.91 Å². The summed E-state index contributed by atoms with van der Waals surface area (Å²) >= 11 is 0. The third-order valence-electron chi connectivity index (χ3n) is 3.67. The Kier molecular flexibility index (Phi) is 4.14. The smallest absolute Gasteiger partial charge is 0.311 e. The number of nitrogens with zero attached hydrogens (tertiary/aromatic N) is 1. The van der Waals surface area contributed by atoms with Crippen molar-refractivity contribution >= 4 is 11.9 Å². The van der Waals surface area contributed by atoms with Gasteiger partial charge in [0.05, 0.1) is 6.42 Å². The zero-order chi connectivity index (χ0) is 15.4. The van der Waals surface area contributed by atoms with Crippen LogP contribution < -0.4 is 10.1 Å². The molecule has 22 heavy (non-hydrogen) atoms. The molecule has 1 amide bonds. The second kappa shape index (κ2) is 6.39. The van der Waals surface area contributed by atoms with Gasteiger partial charge in [0.25, 0.3) is 0 Å². The molecule has 1 aliphatic rings. The van der Waals surface area contributed by atoms with Gasteiger partial charge >= 0.3 is 5.97 Å². The fourth-order valence-corrected chi connectivity index (χ4v) is 2.57. The van der Waals surface area contributed by atoms with E-state index in [1.54, 1.807) is 18.5 Å². The van der Waals surface area contributed by atoms with Crippen LogP contribution in [0, 0.1) is 0 Å². The molecule has 5 heteroatoms. The molecular weight excluding hydrogens is 280 g/mol. The molecule has 0 saturated heterocycles. The molecule has 1 aromatic heterocycles. The van der Waals surface area contributed by atoms with Crippen molar-refractivity contribution in [2.45, 2.75) is 25.3 Å². The van der Waals surface area contributed by atoms with Crippen molar-refractivity contribution in [1.29, 1.82) is 0 Å². The van der Waals surface area contributed by atoms with E-state index >= 15 is 0 Å². The third kappa shape index (κ3) is 3.31. The number of hydrogen-bond donors (Lipinski definition) is 1. The summed E-state index contributed by atoms with van der Waals surface area (Å²) in [6, 6.07) is 11.1. The molecule has 0 bridgehead atoms. The first-order valence-electron chi connectivity index (χ1n) is 7.17. The molecule has 0 saturated carbocycles. The lowest BCUT2D eigenvalue weighted by Crippen LogP contribution is -2.28. The lowest BCUT2D eigenvalue weighted by atomic mass is 9.89. The van der Waals surface area contributed by atoms with Gasteiger partial charge in [0.15, 0.2) is 0 Å². The first-order valence-corrected chi connectivity index (χ1v) is 7.17. The Labute approximate surface area is 128 Å². The maximum Gasteiger partial charge on any atom is 0.311 e. The molecule has 2 heterocycles. The summed E-state index contributed by atoms with van der Waals surface area (Å²) in [4.78, 5) is 27.7. The van der Waals surface area contributed by atoms with Gasteiger partial charge in [-0.05, 0) is 29.3 Å². The van der Waals surface area contributed by atoms with Crippen molar-refractivity contribution in [3.8, 4) is 5.75 Å². The van der Waals surface area contributed by atoms with Crippen LogP contribution in [0.2, 0.25) is 0 Å². The second-order valence-electron chi connectivity index (χ2n) is 5.25. The van der Waals surface area contributed by atoms with Crippen LogP contribution in [0.1, 0.15) is 29.9 Å². The summed E-state index contributed by atoms with van der Waals surface area (Å²) in [7, 11) is 0. The van der Waals surface area contributed by atoms with Crippen molar-refractivity contribution in [2.24, 2.45) is 0 Å². The minimum absolute atomic E-state index is 0.0775. The standard InChI is InChI=1S/C17H16N2O3/c20-16(19-11-12-5-7-18-8-6-12)9-13-10-17(21)22-15-4-2-1-3-14(13)15/h1-8,13H,9-11H2,(H,19,20)/t13-/m0/s1. The van der Waals surface area contributed by atoms with Gasteiger partial charge in [-0.25, -0.2) is 0 Å². The van der Waals surface area contributed by atoms with Crippen molar-refractivity contribution in [3.63, 3.8) is 0 Å². The van der Waals surface area contributed by atoms with Crippen LogP contribution in [-0.2, 0) is 16.1 Å².